The summed E-state index contributed by atoms with van der Waals surface area (Å²) >= 11 is 0. The van der Waals surface area contributed by atoms with Gasteiger partial charge in [-0.2, -0.15) is 4.39 Å². The smallest absolute Gasteiger partial charge is 0.305 e. The van der Waals surface area contributed by atoms with E-state index in [1.165, 1.54) is 12.1 Å². The summed E-state index contributed by atoms with van der Waals surface area (Å²) in [6.07, 6.45) is 1.88. The van der Waals surface area contributed by atoms with E-state index in [4.69, 9.17) is 5.73 Å². The highest BCUT2D eigenvalue weighted by molar-refractivity contribution is 5.36. The molecule has 0 radical (unpaired) electrons. The van der Waals surface area contributed by atoms with E-state index in [2.05, 4.69) is 0 Å². The molecule has 1 aromatic rings. The lowest BCUT2D eigenvalue weighted by molar-refractivity contribution is -0.387. The molecule has 0 saturated carbocycles. The van der Waals surface area contributed by atoms with Crippen molar-refractivity contribution >= 4 is 5.69 Å². The molecule has 88 valence electrons. The Hall–Kier alpha value is -1.49. The van der Waals surface area contributed by atoms with Crippen molar-refractivity contribution in [1.29, 1.82) is 0 Å². The van der Waals surface area contributed by atoms with E-state index in [1.54, 1.807) is 6.07 Å². The zero-order valence-electron chi connectivity index (χ0n) is 9.15. The lowest BCUT2D eigenvalue weighted by atomic mass is 10.0. The van der Waals surface area contributed by atoms with Crippen molar-refractivity contribution in [2.75, 3.05) is 0 Å². The van der Waals surface area contributed by atoms with Crippen molar-refractivity contribution in [3.63, 3.8) is 0 Å². The number of nitrogens with two attached hydrogens (primary N) is 1. The second-order valence-corrected chi connectivity index (χ2v) is 3.71. The van der Waals surface area contributed by atoms with Crippen LogP contribution < -0.4 is 5.73 Å². The van der Waals surface area contributed by atoms with Gasteiger partial charge in [0.2, 0.25) is 5.82 Å². The molecule has 5 heteroatoms. The third kappa shape index (κ3) is 3.00. The predicted octanol–water partition coefficient (Wildman–Crippen LogP) is 2.40. The van der Waals surface area contributed by atoms with E-state index >= 15 is 0 Å². The first kappa shape index (κ1) is 12.6. The second kappa shape index (κ2) is 5.55. The fourth-order valence-corrected chi connectivity index (χ4v) is 1.45. The Labute approximate surface area is 93.4 Å². The van der Waals surface area contributed by atoms with Gasteiger partial charge in [0.25, 0.3) is 0 Å². The molecule has 0 aromatic heterocycles. The van der Waals surface area contributed by atoms with Gasteiger partial charge in [0.1, 0.15) is 0 Å². The Morgan fingerprint density at radius 2 is 2.25 bits per heavy atom. The van der Waals surface area contributed by atoms with Crippen LogP contribution in [0.15, 0.2) is 18.2 Å². The molecule has 0 bridgehead atoms. The van der Waals surface area contributed by atoms with Crippen LogP contribution in [0, 0.1) is 15.9 Å². The van der Waals surface area contributed by atoms with Gasteiger partial charge >= 0.3 is 5.69 Å². The Kier molecular flexibility index (Phi) is 4.37. The van der Waals surface area contributed by atoms with Crippen molar-refractivity contribution < 1.29 is 9.31 Å². The first-order valence-electron chi connectivity index (χ1n) is 5.23. The Bertz CT molecular complexity index is 382. The summed E-state index contributed by atoms with van der Waals surface area (Å²) in [7, 11) is 0. The number of nitro groups is 1. The van der Waals surface area contributed by atoms with Gasteiger partial charge in [-0.3, -0.25) is 10.1 Å². The van der Waals surface area contributed by atoms with Crippen LogP contribution >= 0.6 is 0 Å². The molecule has 1 atom stereocenters. The highest BCUT2D eigenvalue weighted by Gasteiger charge is 2.17. The van der Waals surface area contributed by atoms with Gasteiger partial charge in [0.05, 0.1) is 4.92 Å². The van der Waals surface area contributed by atoms with E-state index in [9.17, 15) is 14.5 Å². The maximum Gasteiger partial charge on any atom is 0.305 e. The van der Waals surface area contributed by atoms with Gasteiger partial charge in [-0.1, -0.05) is 19.1 Å². The molecule has 0 heterocycles. The minimum atomic E-state index is -0.740. The summed E-state index contributed by atoms with van der Waals surface area (Å²) in [5.74, 6) is -0.740. The maximum atomic E-state index is 13.6. The quantitative estimate of drug-likeness (QED) is 0.619. The molecular formula is C11H15FN2O2. The van der Waals surface area contributed by atoms with Gasteiger partial charge in [-0.15, -0.1) is 0 Å². The number of aryl methyl sites for hydroxylation is 1. The normalized spacial score (nSPS) is 12.4. The molecule has 0 aliphatic rings. The first-order chi connectivity index (χ1) is 7.56. The molecule has 1 unspecified atom stereocenters. The molecule has 1 aromatic carbocycles. The lowest BCUT2D eigenvalue weighted by Crippen LogP contribution is -2.19. The SMILES string of the molecule is CCC(N)CCc1cccc([N+](=O)[O-])c1F. The highest BCUT2D eigenvalue weighted by Crippen LogP contribution is 2.21. The third-order valence-corrected chi connectivity index (χ3v) is 2.56. The van der Waals surface area contributed by atoms with Crippen LogP contribution in [0.2, 0.25) is 0 Å². The van der Waals surface area contributed by atoms with E-state index in [0.29, 0.717) is 18.4 Å². The molecule has 0 spiro atoms. The van der Waals surface area contributed by atoms with Crippen LogP contribution in [-0.4, -0.2) is 11.0 Å². The van der Waals surface area contributed by atoms with Gasteiger partial charge in [-0.05, 0) is 24.8 Å². The van der Waals surface area contributed by atoms with Crippen LogP contribution in [-0.2, 0) is 6.42 Å². The number of halogens is 1. The van der Waals surface area contributed by atoms with Crippen LogP contribution in [0.1, 0.15) is 25.3 Å². The molecule has 0 aliphatic carbocycles. The number of hydrogen-bond acceptors (Lipinski definition) is 3. The standard InChI is InChI=1S/C11H15FN2O2/c1-2-9(13)7-6-8-4-3-5-10(11(8)12)14(15)16/h3-5,9H,2,6-7,13H2,1H3. The van der Waals surface area contributed by atoms with Crippen molar-refractivity contribution in [2.45, 2.75) is 32.2 Å². The van der Waals surface area contributed by atoms with Crippen LogP contribution in [0.4, 0.5) is 10.1 Å². The van der Waals surface area contributed by atoms with E-state index in [1.807, 2.05) is 6.92 Å². The molecular weight excluding hydrogens is 211 g/mol. The minimum absolute atomic E-state index is 0.0127. The number of nitro benzene ring substituents is 1. The van der Waals surface area contributed by atoms with Crippen molar-refractivity contribution in [3.05, 3.63) is 39.7 Å². The molecule has 0 amide bonds. The van der Waals surface area contributed by atoms with Crippen molar-refractivity contribution in [3.8, 4) is 0 Å². The molecule has 1 rings (SSSR count). The lowest BCUT2D eigenvalue weighted by Gasteiger charge is -2.08. The zero-order valence-corrected chi connectivity index (χ0v) is 9.15. The number of nitrogens with zero attached hydrogens (tertiary/aromatic N) is 1. The molecule has 4 nitrogen and oxygen atoms in total. The van der Waals surface area contributed by atoms with E-state index in [0.717, 1.165) is 6.42 Å². The average Bonchev–Trinajstić information content (AvgIpc) is 2.26. The highest BCUT2D eigenvalue weighted by atomic mass is 19.1. The van der Waals surface area contributed by atoms with Crippen molar-refractivity contribution in [1.82, 2.24) is 0 Å². The van der Waals surface area contributed by atoms with Crippen LogP contribution in [0.3, 0.4) is 0 Å². The zero-order chi connectivity index (χ0) is 12.1. The maximum absolute atomic E-state index is 13.6. The van der Waals surface area contributed by atoms with Gasteiger partial charge in [-0.25, -0.2) is 0 Å². The summed E-state index contributed by atoms with van der Waals surface area (Å²) in [5.41, 5.74) is 5.60. The second-order valence-electron chi connectivity index (χ2n) is 3.71. The summed E-state index contributed by atoms with van der Waals surface area (Å²) in [6.45, 7) is 1.95. The Morgan fingerprint density at radius 3 is 2.81 bits per heavy atom. The summed E-state index contributed by atoms with van der Waals surface area (Å²) in [6, 6.07) is 4.23. The summed E-state index contributed by atoms with van der Waals surface area (Å²) < 4.78 is 13.6. The Morgan fingerprint density at radius 1 is 1.56 bits per heavy atom. The first-order valence-corrected chi connectivity index (χ1v) is 5.23. The molecule has 16 heavy (non-hydrogen) atoms. The molecule has 0 aliphatic heterocycles. The molecule has 0 saturated heterocycles. The van der Waals surface area contributed by atoms with E-state index < -0.39 is 16.4 Å². The number of benzene rings is 1. The fourth-order valence-electron chi connectivity index (χ4n) is 1.45. The fraction of sp³-hybridized carbons (Fsp3) is 0.455. The van der Waals surface area contributed by atoms with Crippen LogP contribution in [0.5, 0.6) is 0 Å². The minimum Gasteiger partial charge on any atom is -0.328 e. The van der Waals surface area contributed by atoms with Gasteiger partial charge < -0.3 is 5.73 Å². The molecule has 2 N–H and O–H groups in total. The average molecular weight is 226 g/mol. The summed E-state index contributed by atoms with van der Waals surface area (Å²) in [4.78, 5) is 9.80. The largest absolute Gasteiger partial charge is 0.328 e. The molecule has 0 fully saturated rings. The monoisotopic (exact) mass is 226 g/mol. The van der Waals surface area contributed by atoms with Crippen molar-refractivity contribution in [2.24, 2.45) is 5.73 Å². The Balaban J connectivity index is 2.81. The number of rotatable bonds is 5. The van der Waals surface area contributed by atoms with Gasteiger partial charge in [0, 0.05) is 12.1 Å². The van der Waals surface area contributed by atoms with E-state index in [-0.39, 0.29) is 6.04 Å². The van der Waals surface area contributed by atoms with Gasteiger partial charge in [0.15, 0.2) is 0 Å². The number of hydrogen-bond donors (Lipinski definition) is 1. The predicted molar refractivity (Wildman–Crippen MR) is 59.6 cm³/mol. The topological polar surface area (TPSA) is 69.2 Å². The van der Waals surface area contributed by atoms with Crippen LogP contribution in [0.25, 0.3) is 0 Å². The third-order valence-electron chi connectivity index (χ3n) is 2.56. The summed E-state index contributed by atoms with van der Waals surface area (Å²) in [5, 5.41) is 10.5.